The molecule has 2 aromatic carbocycles. The maximum atomic E-state index is 12.2. The van der Waals surface area contributed by atoms with Gasteiger partial charge < -0.3 is 9.30 Å². The average Bonchev–Trinajstić information content (AvgIpc) is 3.01. The number of alkyl halides is 3. The van der Waals surface area contributed by atoms with E-state index in [4.69, 9.17) is 9.88 Å². The number of nitrogens with zero attached hydrogens (tertiary/aromatic N) is 2. The van der Waals surface area contributed by atoms with Crippen molar-refractivity contribution in [1.29, 1.82) is 0 Å². The predicted molar refractivity (Wildman–Crippen MR) is 104 cm³/mol. The number of ether oxygens (including phenoxy) is 1. The monoisotopic (exact) mass is 445 g/mol. The molecule has 0 unspecified atom stereocenters. The van der Waals surface area contributed by atoms with Crippen molar-refractivity contribution in [2.45, 2.75) is 35.4 Å². The van der Waals surface area contributed by atoms with Gasteiger partial charge in [0.05, 0.1) is 15.9 Å². The van der Waals surface area contributed by atoms with Crippen LogP contribution in [0.3, 0.4) is 0 Å². The number of aryl methyl sites for hydroxylation is 1. The van der Waals surface area contributed by atoms with Gasteiger partial charge in [-0.3, -0.25) is 0 Å². The minimum Gasteiger partial charge on any atom is -0.484 e. The Kier molecular flexibility index (Phi) is 6.11. The summed E-state index contributed by atoms with van der Waals surface area (Å²) in [6, 6.07) is 10.9. The summed E-state index contributed by atoms with van der Waals surface area (Å²) in [6.45, 7) is 1.26. The molecule has 11 heteroatoms. The van der Waals surface area contributed by atoms with Gasteiger partial charge in [-0.1, -0.05) is 23.9 Å². The number of hydrogen-bond acceptors (Lipinski definition) is 5. The highest BCUT2D eigenvalue weighted by Gasteiger charge is 2.28. The van der Waals surface area contributed by atoms with Crippen LogP contribution in [0.1, 0.15) is 12.5 Å². The van der Waals surface area contributed by atoms with E-state index >= 15 is 0 Å². The van der Waals surface area contributed by atoms with Gasteiger partial charge in [0.25, 0.3) is 0 Å². The number of imidazole rings is 1. The van der Waals surface area contributed by atoms with Crippen LogP contribution in [0, 0.1) is 0 Å². The van der Waals surface area contributed by atoms with Crippen LogP contribution < -0.4 is 9.88 Å². The molecule has 0 aliphatic rings. The Hall–Kier alpha value is -2.24. The molecule has 156 valence electrons. The van der Waals surface area contributed by atoms with Crippen LogP contribution in [0.15, 0.2) is 52.5 Å². The Morgan fingerprint density at radius 3 is 2.45 bits per heavy atom. The predicted octanol–water partition coefficient (Wildman–Crippen LogP) is 3.94. The fraction of sp³-hybridized carbons (Fsp3) is 0.278. The standard InChI is InChI=1S/C18H18F3N3O3S2/c1-2-24-16-8-7-14(29(22,25)26)9-15(16)23-17(24)28-10-12-3-5-13(6-4-12)27-11-18(19,20)21/h3-9H,2,10-11H2,1H3,(H2,22,25,26). The molecule has 2 N–H and O–H groups in total. The van der Waals surface area contributed by atoms with E-state index in [1.807, 2.05) is 11.5 Å². The second kappa shape index (κ2) is 8.25. The lowest BCUT2D eigenvalue weighted by Crippen LogP contribution is -2.19. The summed E-state index contributed by atoms with van der Waals surface area (Å²) in [5, 5.41) is 5.88. The Bertz CT molecular complexity index is 1110. The first kappa shape index (κ1) is 21.5. The number of benzene rings is 2. The van der Waals surface area contributed by atoms with E-state index in [2.05, 4.69) is 4.98 Å². The summed E-state index contributed by atoms with van der Waals surface area (Å²) < 4.78 is 66.3. The first-order valence-corrected chi connectivity index (χ1v) is 11.0. The van der Waals surface area contributed by atoms with Crippen molar-refractivity contribution in [2.75, 3.05) is 6.61 Å². The minimum absolute atomic E-state index is 0.00301. The largest absolute Gasteiger partial charge is 0.484 e. The van der Waals surface area contributed by atoms with Gasteiger partial charge in [-0.25, -0.2) is 18.5 Å². The summed E-state index contributed by atoms with van der Waals surface area (Å²) in [5.74, 6) is 0.678. The third-order valence-corrected chi connectivity index (χ3v) is 5.98. The van der Waals surface area contributed by atoms with E-state index in [1.54, 1.807) is 18.2 Å². The fourth-order valence-electron chi connectivity index (χ4n) is 2.68. The van der Waals surface area contributed by atoms with Crippen LogP contribution in [0.5, 0.6) is 5.75 Å². The normalized spacial score (nSPS) is 12.4. The lowest BCUT2D eigenvalue weighted by atomic mass is 10.2. The molecule has 0 aliphatic heterocycles. The van der Waals surface area contributed by atoms with E-state index in [9.17, 15) is 21.6 Å². The fourth-order valence-corrected chi connectivity index (χ4v) is 4.24. The lowest BCUT2D eigenvalue weighted by Gasteiger charge is -2.09. The molecule has 0 saturated heterocycles. The Morgan fingerprint density at radius 1 is 1.17 bits per heavy atom. The summed E-state index contributed by atoms with van der Waals surface area (Å²) in [7, 11) is -3.82. The molecule has 1 aromatic heterocycles. The second-order valence-corrected chi connectivity index (χ2v) is 8.67. The molecule has 0 aliphatic carbocycles. The molecule has 0 atom stereocenters. The molecule has 0 saturated carbocycles. The van der Waals surface area contributed by atoms with E-state index in [0.717, 1.165) is 11.1 Å². The summed E-state index contributed by atoms with van der Waals surface area (Å²) >= 11 is 1.44. The van der Waals surface area contributed by atoms with E-state index in [1.165, 1.54) is 36.0 Å². The van der Waals surface area contributed by atoms with Crippen LogP contribution >= 0.6 is 11.8 Å². The van der Waals surface area contributed by atoms with Gasteiger partial charge in [0, 0.05) is 12.3 Å². The molecular weight excluding hydrogens is 427 g/mol. The number of nitrogens with two attached hydrogens (primary N) is 1. The zero-order valence-electron chi connectivity index (χ0n) is 15.3. The highest BCUT2D eigenvalue weighted by Crippen LogP contribution is 2.29. The molecule has 0 amide bonds. The lowest BCUT2D eigenvalue weighted by molar-refractivity contribution is -0.153. The first-order valence-electron chi connectivity index (χ1n) is 8.51. The van der Waals surface area contributed by atoms with Crippen molar-refractivity contribution in [1.82, 2.24) is 9.55 Å². The van der Waals surface area contributed by atoms with Crippen LogP contribution in [0.25, 0.3) is 11.0 Å². The van der Waals surface area contributed by atoms with Crippen LogP contribution in [0.2, 0.25) is 0 Å². The van der Waals surface area contributed by atoms with Crippen molar-refractivity contribution in [3.8, 4) is 5.75 Å². The van der Waals surface area contributed by atoms with Crippen molar-refractivity contribution >= 4 is 32.8 Å². The van der Waals surface area contributed by atoms with E-state index < -0.39 is 22.8 Å². The van der Waals surface area contributed by atoms with Gasteiger partial charge in [0.15, 0.2) is 11.8 Å². The first-order chi connectivity index (χ1) is 13.6. The molecule has 29 heavy (non-hydrogen) atoms. The van der Waals surface area contributed by atoms with Gasteiger partial charge in [-0.05, 0) is 42.8 Å². The van der Waals surface area contributed by atoms with Gasteiger partial charge in [0.2, 0.25) is 10.0 Å². The Labute approximate surface area is 169 Å². The van der Waals surface area contributed by atoms with Crippen molar-refractivity contribution in [3.05, 3.63) is 48.0 Å². The number of primary sulfonamides is 1. The number of halogens is 3. The molecule has 0 bridgehead atoms. The van der Waals surface area contributed by atoms with Gasteiger partial charge >= 0.3 is 6.18 Å². The summed E-state index contributed by atoms with van der Waals surface area (Å²) in [6.07, 6.45) is -4.38. The number of hydrogen-bond donors (Lipinski definition) is 1. The van der Waals surface area contributed by atoms with Gasteiger partial charge in [0.1, 0.15) is 5.75 Å². The zero-order chi connectivity index (χ0) is 21.2. The molecule has 0 spiro atoms. The number of thioether (sulfide) groups is 1. The maximum absolute atomic E-state index is 12.2. The average molecular weight is 445 g/mol. The summed E-state index contributed by atoms with van der Waals surface area (Å²) in [5.41, 5.74) is 2.20. The molecular formula is C18H18F3N3O3S2. The smallest absolute Gasteiger partial charge is 0.422 e. The van der Waals surface area contributed by atoms with Crippen LogP contribution in [-0.2, 0) is 22.3 Å². The van der Waals surface area contributed by atoms with Gasteiger partial charge in [-0.2, -0.15) is 13.2 Å². The van der Waals surface area contributed by atoms with Crippen LogP contribution in [-0.4, -0.2) is 30.8 Å². The van der Waals surface area contributed by atoms with Crippen LogP contribution in [0.4, 0.5) is 13.2 Å². The third kappa shape index (κ3) is 5.43. The van der Waals surface area contributed by atoms with E-state index in [0.29, 0.717) is 23.0 Å². The molecule has 6 nitrogen and oxygen atoms in total. The number of aromatic nitrogens is 2. The van der Waals surface area contributed by atoms with Crippen molar-refractivity contribution in [2.24, 2.45) is 5.14 Å². The number of sulfonamides is 1. The molecule has 0 fully saturated rings. The topological polar surface area (TPSA) is 87.2 Å². The SMILES string of the molecule is CCn1c(SCc2ccc(OCC(F)(F)F)cc2)nc2cc(S(N)(=O)=O)ccc21. The summed E-state index contributed by atoms with van der Waals surface area (Å²) in [4.78, 5) is 4.50. The highest BCUT2D eigenvalue weighted by atomic mass is 32.2. The third-order valence-electron chi connectivity index (χ3n) is 4.02. The molecule has 3 rings (SSSR count). The highest BCUT2D eigenvalue weighted by molar-refractivity contribution is 7.98. The maximum Gasteiger partial charge on any atom is 0.422 e. The zero-order valence-corrected chi connectivity index (χ0v) is 16.9. The van der Waals surface area contributed by atoms with Crippen molar-refractivity contribution in [3.63, 3.8) is 0 Å². The molecule has 0 radical (unpaired) electrons. The molecule has 1 heterocycles. The van der Waals surface area contributed by atoms with Crippen molar-refractivity contribution < 1.29 is 26.3 Å². The Morgan fingerprint density at radius 2 is 1.86 bits per heavy atom. The molecule has 3 aromatic rings. The Balaban J connectivity index is 1.74. The minimum atomic E-state index is -4.38. The number of rotatable bonds is 7. The number of fused-ring (bicyclic) bond motifs is 1. The van der Waals surface area contributed by atoms with E-state index in [-0.39, 0.29) is 10.6 Å². The second-order valence-electron chi connectivity index (χ2n) is 6.17. The quantitative estimate of drug-likeness (QED) is 0.557. The van der Waals surface area contributed by atoms with Gasteiger partial charge in [-0.15, -0.1) is 0 Å².